The van der Waals surface area contributed by atoms with Gasteiger partial charge in [-0.1, -0.05) is 54.3 Å². The quantitative estimate of drug-likeness (QED) is 0.419. The zero-order valence-corrected chi connectivity index (χ0v) is 21.3. The maximum absolute atomic E-state index is 14.4. The summed E-state index contributed by atoms with van der Waals surface area (Å²) in [6.45, 7) is 7.75. The van der Waals surface area contributed by atoms with Crippen LogP contribution in [0.15, 0.2) is 35.2 Å². The van der Waals surface area contributed by atoms with E-state index in [2.05, 4.69) is 35.2 Å². The number of nitrogens with zero attached hydrogens (tertiary/aromatic N) is 1. The molecule has 4 rings (SSSR count). The van der Waals surface area contributed by atoms with Gasteiger partial charge < -0.3 is 4.74 Å². The summed E-state index contributed by atoms with van der Waals surface area (Å²) in [6, 6.07) is 12.8. The Morgan fingerprint density at radius 1 is 1.21 bits per heavy atom. The van der Waals surface area contributed by atoms with E-state index in [-0.39, 0.29) is 17.4 Å². The Morgan fingerprint density at radius 2 is 1.97 bits per heavy atom. The zero-order chi connectivity index (χ0) is 23.7. The van der Waals surface area contributed by atoms with E-state index in [1.54, 1.807) is 31.9 Å². The standard InChI is InChI=1S/C27H30ClFN2OS/c1-6-11-31-26(21-12-17(3)25(32-5)15-22(21)28)18(4)33-27(31)30-24(13-19-8-9-19)20-10-7-16(2)23(29)14-20/h7,10,12,14-15,19,24,27,30H,8-9,13H2,1-5H3. The predicted molar refractivity (Wildman–Crippen MR) is 136 cm³/mol. The molecule has 0 bridgehead atoms. The second kappa shape index (κ2) is 10.0. The van der Waals surface area contributed by atoms with Gasteiger partial charge in [-0.15, -0.1) is 0 Å². The van der Waals surface area contributed by atoms with E-state index in [1.165, 1.54) is 12.8 Å². The van der Waals surface area contributed by atoms with E-state index in [0.717, 1.165) is 39.5 Å². The highest BCUT2D eigenvalue weighted by atomic mass is 35.5. The van der Waals surface area contributed by atoms with Crippen LogP contribution >= 0.6 is 23.4 Å². The maximum atomic E-state index is 14.4. The molecule has 0 aromatic heterocycles. The van der Waals surface area contributed by atoms with Crippen molar-refractivity contribution in [1.82, 2.24) is 10.2 Å². The van der Waals surface area contributed by atoms with Gasteiger partial charge in [0.15, 0.2) is 0 Å². The smallest absolute Gasteiger partial charge is 0.145 e. The molecule has 0 spiro atoms. The van der Waals surface area contributed by atoms with Gasteiger partial charge in [0.05, 0.1) is 17.8 Å². The summed E-state index contributed by atoms with van der Waals surface area (Å²) in [7, 11) is 1.65. The van der Waals surface area contributed by atoms with E-state index in [9.17, 15) is 4.39 Å². The van der Waals surface area contributed by atoms with Gasteiger partial charge in [-0.2, -0.15) is 0 Å². The van der Waals surface area contributed by atoms with Gasteiger partial charge in [-0.25, -0.2) is 4.39 Å². The van der Waals surface area contributed by atoms with Gasteiger partial charge in [-0.05, 0) is 74.9 Å². The minimum Gasteiger partial charge on any atom is -0.496 e. The van der Waals surface area contributed by atoms with Crippen molar-refractivity contribution in [2.75, 3.05) is 7.11 Å². The number of ether oxygens (including phenoxy) is 1. The largest absolute Gasteiger partial charge is 0.496 e. The third-order valence-corrected chi connectivity index (χ3v) is 7.71. The van der Waals surface area contributed by atoms with Crippen LogP contribution in [0.5, 0.6) is 5.75 Å². The molecule has 3 nitrogen and oxygen atoms in total. The minimum atomic E-state index is -0.158. The second-order valence-corrected chi connectivity index (χ2v) is 10.5. The van der Waals surface area contributed by atoms with Gasteiger partial charge >= 0.3 is 0 Å². The fourth-order valence-corrected chi connectivity index (χ4v) is 5.67. The Labute approximate surface area is 205 Å². The lowest BCUT2D eigenvalue weighted by Gasteiger charge is -2.29. The van der Waals surface area contributed by atoms with Gasteiger partial charge in [0.2, 0.25) is 0 Å². The predicted octanol–water partition coefficient (Wildman–Crippen LogP) is 7.24. The van der Waals surface area contributed by atoms with E-state index < -0.39 is 0 Å². The average Bonchev–Trinajstić information content (AvgIpc) is 3.55. The normalized spacial score (nSPS) is 18.9. The highest BCUT2D eigenvalue weighted by Gasteiger charge is 2.35. The molecule has 1 aliphatic heterocycles. The minimum absolute atomic E-state index is 0.0477. The molecule has 1 saturated carbocycles. The second-order valence-electron chi connectivity index (χ2n) is 8.82. The summed E-state index contributed by atoms with van der Waals surface area (Å²) < 4.78 is 19.8. The number of aryl methyl sites for hydroxylation is 2. The van der Waals surface area contributed by atoms with Crippen molar-refractivity contribution in [2.24, 2.45) is 5.92 Å². The summed E-state index contributed by atoms with van der Waals surface area (Å²) in [5.74, 6) is 4.36. The zero-order valence-electron chi connectivity index (χ0n) is 19.8. The lowest BCUT2D eigenvalue weighted by molar-refractivity contribution is 0.373. The van der Waals surface area contributed by atoms with Gasteiger partial charge in [-0.3, -0.25) is 10.2 Å². The molecule has 174 valence electrons. The molecule has 2 aliphatic rings. The molecule has 1 heterocycles. The highest BCUT2D eigenvalue weighted by molar-refractivity contribution is 8.04. The number of allylic oxidation sites excluding steroid dienone is 1. The number of benzene rings is 2. The van der Waals surface area contributed by atoms with Gasteiger partial charge in [0.1, 0.15) is 17.1 Å². The maximum Gasteiger partial charge on any atom is 0.145 e. The molecule has 0 radical (unpaired) electrons. The van der Waals surface area contributed by atoms with Crippen molar-refractivity contribution in [2.45, 2.75) is 58.5 Å². The molecular formula is C27H30ClFN2OS. The molecule has 2 unspecified atom stereocenters. The topological polar surface area (TPSA) is 24.5 Å². The fraction of sp³-hybridized carbons (Fsp3) is 0.407. The molecule has 1 aliphatic carbocycles. The van der Waals surface area contributed by atoms with Crippen molar-refractivity contribution >= 4 is 29.1 Å². The summed E-state index contributed by atoms with van der Waals surface area (Å²) in [6.07, 6.45) is 3.47. The van der Waals surface area contributed by atoms with Crippen molar-refractivity contribution in [3.63, 3.8) is 0 Å². The molecule has 0 saturated heterocycles. The van der Waals surface area contributed by atoms with Crippen LogP contribution in [0.4, 0.5) is 4.39 Å². The molecule has 6 heteroatoms. The van der Waals surface area contributed by atoms with Crippen LogP contribution in [0.25, 0.3) is 5.70 Å². The Bertz CT molecular complexity index is 1150. The van der Waals surface area contributed by atoms with Gasteiger partial charge in [0, 0.05) is 22.6 Å². The molecular weight excluding hydrogens is 455 g/mol. The molecule has 1 N–H and O–H groups in total. The third-order valence-electron chi connectivity index (χ3n) is 6.28. The van der Waals surface area contributed by atoms with E-state index >= 15 is 0 Å². The fourth-order valence-electron chi connectivity index (χ4n) is 4.28. The SMILES string of the molecule is CC#CN1C(c2cc(C)c(OC)cc2Cl)=C(C)SC1NC(CC1CC1)c1ccc(C)c(F)c1. The Morgan fingerprint density at radius 3 is 2.61 bits per heavy atom. The van der Waals surface area contributed by atoms with Crippen molar-refractivity contribution in [3.8, 4) is 17.7 Å². The first kappa shape index (κ1) is 24.0. The number of nitrogens with one attached hydrogen (secondary N) is 1. The number of halogens is 2. The summed E-state index contributed by atoms with van der Waals surface area (Å²) >= 11 is 8.42. The average molecular weight is 485 g/mol. The molecule has 2 atom stereocenters. The first-order valence-electron chi connectivity index (χ1n) is 11.3. The van der Waals surface area contributed by atoms with Crippen LogP contribution in [0.1, 0.15) is 61.4 Å². The summed E-state index contributed by atoms with van der Waals surface area (Å²) in [5.41, 5.74) is 4.51. The Balaban J connectivity index is 1.66. The number of methoxy groups -OCH3 is 1. The lowest BCUT2D eigenvalue weighted by atomic mass is 9.99. The first-order valence-corrected chi connectivity index (χ1v) is 12.5. The van der Waals surface area contributed by atoms with E-state index in [0.29, 0.717) is 16.5 Å². The number of hydrogen-bond donors (Lipinski definition) is 1. The highest BCUT2D eigenvalue weighted by Crippen LogP contribution is 2.46. The first-order chi connectivity index (χ1) is 15.8. The van der Waals surface area contributed by atoms with E-state index in [1.807, 2.05) is 32.0 Å². The molecule has 1 fully saturated rings. The summed E-state index contributed by atoms with van der Waals surface area (Å²) in [4.78, 5) is 3.21. The Hall–Kier alpha value is -2.13. The van der Waals surface area contributed by atoms with Crippen LogP contribution in [0.3, 0.4) is 0 Å². The van der Waals surface area contributed by atoms with Crippen LogP contribution in [0, 0.1) is 37.5 Å². The molecule has 2 aromatic rings. The number of thioether (sulfide) groups is 1. The van der Waals surface area contributed by atoms with Crippen LogP contribution in [0.2, 0.25) is 5.02 Å². The van der Waals surface area contributed by atoms with Crippen LogP contribution in [-0.4, -0.2) is 17.5 Å². The van der Waals surface area contributed by atoms with Crippen molar-refractivity contribution in [1.29, 1.82) is 0 Å². The number of rotatable bonds is 7. The lowest BCUT2D eigenvalue weighted by Crippen LogP contribution is -2.39. The van der Waals surface area contributed by atoms with Crippen molar-refractivity contribution < 1.29 is 9.13 Å². The Kier molecular flexibility index (Phi) is 7.28. The third kappa shape index (κ3) is 5.19. The number of hydrogen-bond acceptors (Lipinski definition) is 4. The molecule has 0 amide bonds. The molecule has 33 heavy (non-hydrogen) atoms. The van der Waals surface area contributed by atoms with Crippen LogP contribution in [-0.2, 0) is 0 Å². The van der Waals surface area contributed by atoms with Crippen molar-refractivity contribution in [3.05, 3.63) is 68.3 Å². The summed E-state index contributed by atoms with van der Waals surface area (Å²) in [5, 5.41) is 4.41. The van der Waals surface area contributed by atoms with Crippen LogP contribution < -0.4 is 10.1 Å². The molecule has 2 aromatic carbocycles. The van der Waals surface area contributed by atoms with Gasteiger partial charge in [0.25, 0.3) is 0 Å². The monoisotopic (exact) mass is 484 g/mol. The van der Waals surface area contributed by atoms with E-state index in [4.69, 9.17) is 16.3 Å².